The highest BCUT2D eigenvalue weighted by Crippen LogP contribution is 2.16. The highest BCUT2D eigenvalue weighted by molar-refractivity contribution is 9.10. The van der Waals surface area contributed by atoms with Crippen molar-refractivity contribution in [1.82, 2.24) is 0 Å². The summed E-state index contributed by atoms with van der Waals surface area (Å²) in [6.45, 7) is 0.262. The fourth-order valence-electron chi connectivity index (χ4n) is 1.67. The predicted molar refractivity (Wildman–Crippen MR) is 80.8 cm³/mol. The van der Waals surface area contributed by atoms with Gasteiger partial charge in [-0.25, -0.2) is 0 Å². The number of hydrogen-bond donors (Lipinski definition) is 1. The average Bonchev–Trinajstić information content (AvgIpc) is 2.41. The minimum absolute atomic E-state index is 0.262. The van der Waals surface area contributed by atoms with Gasteiger partial charge in [-0.2, -0.15) is 0 Å². The van der Waals surface area contributed by atoms with Crippen LogP contribution in [0.4, 0.5) is 0 Å². The van der Waals surface area contributed by atoms with E-state index in [4.69, 9.17) is 16.3 Å². The zero-order valence-electron chi connectivity index (χ0n) is 10.2. The molecule has 0 heterocycles. The fraction of sp³-hybridized carbons (Fsp3) is 0.200. The van der Waals surface area contributed by atoms with Crippen LogP contribution >= 0.6 is 27.5 Å². The number of halogens is 2. The molecule has 4 heteroatoms. The molecule has 2 rings (SSSR count). The minimum atomic E-state index is -0.531. The second-order valence-corrected chi connectivity index (χ2v) is 5.60. The van der Waals surface area contributed by atoms with Crippen LogP contribution in [0.2, 0.25) is 5.02 Å². The molecule has 1 N–H and O–H groups in total. The molecule has 19 heavy (non-hydrogen) atoms. The quantitative estimate of drug-likeness (QED) is 0.888. The Morgan fingerprint density at radius 1 is 1.05 bits per heavy atom. The maximum absolute atomic E-state index is 9.93. The Labute approximate surface area is 126 Å². The molecule has 0 aliphatic heterocycles. The molecule has 0 saturated heterocycles. The molecule has 0 amide bonds. The first-order valence-electron chi connectivity index (χ1n) is 5.94. The number of aliphatic hydroxyl groups excluding tert-OH is 1. The molecule has 0 fully saturated rings. The van der Waals surface area contributed by atoms with E-state index in [0.29, 0.717) is 17.2 Å². The van der Waals surface area contributed by atoms with Gasteiger partial charge in [-0.05, 0) is 42.0 Å². The van der Waals surface area contributed by atoms with E-state index < -0.39 is 6.10 Å². The number of ether oxygens (including phenoxy) is 1. The molecule has 0 radical (unpaired) electrons. The minimum Gasteiger partial charge on any atom is -0.491 e. The van der Waals surface area contributed by atoms with E-state index in [2.05, 4.69) is 15.9 Å². The van der Waals surface area contributed by atoms with E-state index >= 15 is 0 Å². The summed E-state index contributed by atoms with van der Waals surface area (Å²) in [6.07, 6.45) is 0.0396. The summed E-state index contributed by atoms with van der Waals surface area (Å²) in [4.78, 5) is 0. The van der Waals surface area contributed by atoms with E-state index in [1.165, 1.54) is 0 Å². The van der Waals surface area contributed by atoms with Crippen molar-refractivity contribution in [1.29, 1.82) is 0 Å². The van der Waals surface area contributed by atoms with Gasteiger partial charge in [0.2, 0.25) is 0 Å². The van der Waals surface area contributed by atoms with Crippen LogP contribution in [0.25, 0.3) is 0 Å². The van der Waals surface area contributed by atoms with Crippen LogP contribution in [-0.4, -0.2) is 17.8 Å². The zero-order chi connectivity index (χ0) is 13.7. The van der Waals surface area contributed by atoms with Crippen molar-refractivity contribution in [2.45, 2.75) is 12.5 Å². The van der Waals surface area contributed by atoms with Gasteiger partial charge in [0.25, 0.3) is 0 Å². The van der Waals surface area contributed by atoms with Crippen molar-refractivity contribution >= 4 is 27.5 Å². The van der Waals surface area contributed by atoms with E-state index in [-0.39, 0.29) is 6.61 Å². The van der Waals surface area contributed by atoms with Crippen molar-refractivity contribution in [2.75, 3.05) is 6.61 Å². The Bertz CT molecular complexity index is 511. The van der Waals surface area contributed by atoms with Crippen molar-refractivity contribution in [3.8, 4) is 5.75 Å². The lowest BCUT2D eigenvalue weighted by Crippen LogP contribution is -2.20. The molecule has 100 valence electrons. The molecule has 2 nitrogen and oxygen atoms in total. The summed E-state index contributed by atoms with van der Waals surface area (Å²) < 4.78 is 6.53. The van der Waals surface area contributed by atoms with E-state index in [1.807, 2.05) is 24.3 Å². The first-order chi connectivity index (χ1) is 9.13. The normalized spacial score (nSPS) is 12.2. The fourth-order valence-corrected chi connectivity index (χ4v) is 2.07. The SMILES string of the molecule is OC(COc1ccc(Cl)cc1)Cc1ccc(Br)cc1. The van der Waals surface area contributed by atoms with E-state index in [0.717, 1.165) is 10.0 Å². The number of rotatable bonds is 5. The Hall–Kier alpha value is -1.03. The molecule has 2 aromatic carbocycles. The van der Waals surface area contributed by atoms with E-state index in [9.17, 15) is 5.11 Å². The van der Waals surface area contributed by atoms with Gasteiger partial charge in [0.15, 0.2) is 0 Å². The molecular formula is C15H14BrClO2. The van der Waals surface area contributed by atoms with Crippen LogP contribution in [-0.2, 0) is 6.42 Å². The molecule has 1 atom stereocenters. The van der Waals surface area contributed by atoms with Gasteiger partial charge in [-0.15, -0.1) is 0 Å². The van der Waals surface area contributed by atoms with Gasteiger partial charge in [0.05, 0.1) is 6.10 Å². The van der Waals surface area contributed by atoms with Crippen LogP contribution in [0, 0.1) is 0 Å². The standard InChI is InChI=1S/C15H14BrClO2/c16-12-3-1-11(2-4-12)9-14(18)10-19-15-7-5-13(17)6-8-15/h1-8,14,18H,9-10H2. The maximum atomic E-state index is 9.93. The third-order valence-corrected chi connectivity index (χ3v) is 3.42. The topological polar surface area (TPSA) is 29.5 Å². The molecule has 0 aliphatic rings. The van der Waals surface area contributed by atoms with Gasteiger partial charge < -0.3 is 9.84 Å². The second-order valence-electron chi connectivity index (χ2n) is 4.25. The first-order valence-corrected chi connectivity index (χ1v) is 7.11. The Kier molecular flexibility index (Phi) is 5.25. The largest absolute Gasteiger partial charge is 0.491 e. The summed E-state index contributed by atoms with van der Waals surface area (Å²) in [5.41, 5.74) is 1.08. The molecule has 0 aromatic heterocycles. The molecule has 1 unspecified atom stereocenters. The highest BCUT2D eigenvalue weighted by atomic mass is 79.9. The molecule has 0 spiro atoms. The van der Waals surface area contributed by atoms with Crippen LogP contribution < -0.4 is 4.74 Å². The van der Waals surface area contributed by atoms with Gasteiger partial charge in [-0.3, -0.25) is 0 Å². The lowest BCUT2D eigenvalue weighted by molar-refractivity contribution is 0.108. The molecule has 0 saturated carbocycles. The average molecular weight is 342 g/mol. The van der Waals surface area contributed by atoms with Crippen molar-refractivity contribution < 1.29 is 9.84 Å². The summed E-state index contributed by atoms with van der Waals surface area (Å²) in [7, 11) is 0. The van der Waals surface area contributed by atoms with E-state index in [1.54, 1.807) is 24.3 Å². The van der Waals surface area contributed by atoms with Crippen molar-refractivity contribution in [2.24, 2.45) is 0 Å². The molecule has 0 aliphatic carbocycles. The van der Waals surface area contributed by atoms with Crippen LogP contribution in [0.1, 0.15) is 5.56 Å². The molecule has 0 bridgehead atoms. The van der Waals surface area contributed by atoms with Gasteiger partial charge in [0.1, 0.15) is 12.4 Å². The number of benzene rings is 2. The van der Waals surface area contributed by atoms with Gasteiger partial charge in [0, 0.05) is 15.9 Å². The lowest BCUT2D eigenvalue weighted by Gasteiger charge is -2.12. The predicted octanol–water partition coefficient (Wildman–Crippen LogP) is 4.08. The third kappa shape index (κ3) is 4.86. The van der Waals surface area contributed by atoms with Crippen LogP contribution in [0.5, 0.6) is 5.75 Å². The summed E-state index contributed by atoms with van der Waals surface area (Å²) in [6, 6.07) is 15.0. The number of aliphatic hydroxyl groups is 1. The van der Waals surface area contributed by atoms with Crippen molar-refractivity contribution in [3.05, 3.63) is 63.6 Å². The first kappa shape index (κ1) is 14.4. The summed E-state index contributed by atoms with van der Waals surface area (Å²) in [5.74, 6) is 0.708. The van der Waals surface area contributed by atoms with Crippen LogP contribution in [0.3, 0.4) is 0 Å². The number of hydrogen-bond acceptors (Lipinski definition) is 2. The van der Waals surface area contributed by atoms with Gasteiger partial charge >= 0.3 is 0 Å². The van der Waals surface area contributed by atoms with Crippen LogP contribution in [0.15, 0.2) is 53.0 Å². The Morgan fingerprint density at radius 2 is 1.68 bits per heavy atom. The monoisotopic (exact) mass is 340 g/mol. The molecule has 2 aromatic rings. The summed E-state index contributed by atoms with van der Waals surface area (Å²) >= 11 is 9.17. The third-order valence-electron chi connectivity index (χ3n) is 2.64. The van der Waals surface area contributed by atoms with Gasteiger partial charge in [-0.1, -0.05) is 39.7 Å². The maximum Gasteiger partial charge on any atom is 0.119 e. The summed E-state index contributed by atoms with van der Waals surface area (Å²) in [5, 5.41) is 10.6. The highest BCUT2D eigenvalue weighted by Gasteiger charge is 2.06. The Balaban J connectivity index is 1.82. The van der Waals surface area contributed by atoms with Crippen molar-refractivity contribution in [3.63, 3.8) is 0 Å². The Morgan fingerprint density at radius 3 is 2.32 bits per heavy atom. The smallest absolute Gasteiger partial charge is 0.119 e. The second kappa shape index (κ2) is 6.94. The molecular weight excluding hydrogens is 328 g/mol. The lowest BCUT2D eigenvalue weighted by atomic mass is 10.1. The zero-order valence-corrected chi connectivity index (χ0v) is 12.6.